The predicted octanol–water partition coefficient (Wildman–Crippen LogP) is 2.38. The predicted molar refractivity (Wildman–Crippen MR) is 69.3 cm³/mol. The van der Waals surface area contributed by atoms with Crippen molar-refractivity contribution >= 4 is 5.97 Å². The van der Waals surface area contributed by atoms with Crippen LogP contribution in [0.1, 0.15) is 47.5 Å². The molecule has 2 atom stereocenters. The minimum atomic E-state index is -0.742. The summed E-state index contributed by atoms with van der Waals surface area (Å²) in [6, 6.07) is 0.365. The minimum absolute atomic E-state index is 0.0557. The van der Waals surface area contributed by atoms with Crippen molar-refractivity contribution in [2.45, 2.75) is 65.1 Å². The molecular weight excluding hydrogens is 218 g/mol. The van der Waals surface area contributed by atoms with E-state index in [0.29, 0.717) is 6.04 Å². The number of nitrogens with zero attached hydrogens (tertiary/aromatic N) is 1. The summed E-state index contributed by atoms with van der Waals surface area (Å²) in [7, 11) is 1.71. The second kappa shape index (κ2) is 6.97. The number of methoxy groups -OCH3 is 1. The van der Waals surface area contributed by atoms with E-state index in [1.54, 1.807) is 7.11 Å². The number of carbonyl (C=O) groups is 1. The van der Waals surface area contributed by atoms with Crippen LogP contribution in [0.3, 0.4) is 0 Å². The van der Waals surface area contributed by atoms with Crippen molar-refractivity contribution < 1.29 is 14.6 Å². The van der Waals surface area contributed by atoms with Gasteiger partial charge in [0.2, 0.25) is 0 Å². The van der Waals surface area contributed by atoms with E-state index in [1.807, 2.05) is 6.92 Å². The third-order valence-corrected chi connectivity index (χ3v) is 3.31. The second-order valence-electron chi connectivity index (χ2n) is 5.29. The average Bonchev–Trinajstić information content (AvgIpc) is 2.16. The van der Waals surface area contributed by atoms with Gasteiger partial charge in [-0.3, -0.25) is 9.69 Å². The number of ether oxygens (including phenoxy) is 1. The summed E-state index contributed by atoms with van der Waals surface area (Å²) in [5.74, 6) is -0.742. The molecule has 0 aromatic rings. The summed E-state index contributed by atoms with van der Waals surface area (Å²) in [5.41, 5.74) is -0.171. The molecule has 0 aromatic carbocycles. The average molecular weight is 245 g/mol. The van der Waals surface area contributed by atoms with Gasteiger partial charge in [-0.25, -0.2) is 0 Å². The molecule has 4 heteroatoms. The van der Waals surface area contributed by atoms with Crippen molar-refractivity contribution in [2.75, 3.05) is 13.7 Å². The number of hydrogen-bond donors (Lipinski definition) is 1. The maximum Gasteiger partial charge on any atom is 0.304 e. The Labute approximate surface area is 105 Å². The molecule has 2 unspecified atom stereocenters. The number of carboxylic acids is 1. The molecule has 0 spiro atoms. The van der Waals surface area contributed by atoms with Crippen molar-refractivity contribution in [1.82, 2.24) is 4.90 Å². The van der Waals surface area contributed by atoms with Crippen LogP contribution in [-0.2, 0) is 9.53 Å². The van der Waals surface area contributed by atoms with E-state index < -0.39 is 5.97 Å². The molecule has 0 aliphatic rings. The maximum absolute atomic E-state index is 10.7. The van der Waals surface area contributed by atoms with Gasteiger partial charge in [0, 0.05) is 19.2 Å². The SMILES string of the molecule is CCN(C(C)CC(=O)O)C(C)CC(C)(C)OC. The van der Waals surface area contributed by atoms with Crippen LogP contribution < -0.4 is 0 Å². The molecule has 0 bridgehead atoms. The Balaban J connectivity index is 4.49. The lowest BCUT2D eigenvalue weighted by atomic mass is 9.97. The molecule has 0 rings (SSSR count). The van der Waals surface area contributed by atoms with Crippen molar-refractivity contribution in [2.24, 2.45) is 0 Å². The normalized spacial score (nSPS) is 15.9. The Morgan fingerprint density at radius 3 is 2.24 bits per heavy atom. The summed E-state index contributed by atoms with van der Waals surface area (Å²) in [6.07, 6.45) is 1.08. The number of hydrogen-bond acceptors (Lipinski definition) is 3. The number of rotatable bonds is 8. The van der Waals surface area contributed by atoms with Gasteiger partial charge in [0.1, 0.15) is 0 Å². The fourth-order valence-electron chi connectivity index (χ4n) is 2.34. The van der Waals surface area contributed by atoms with Crippen LogP contribution in [0.5, 0.6) is 0 Å². The summed E-state index contributed by atoms with van der Waals surface area (Å²) in [5, 5.41) is 8.84. The monoisotopic (exact) mass is 245 g/mol. The second-order valence-corrected chi connectivity index (χ2v) is 5.29. The molecule has 1 N–H and O–H groups in total. The molecule has 0 fully saturated rings. The smallest absolute Gasteiger partial charge is 0.304 e. The lowest BCUT2D eigenvalue weighted by Gasteiger charge is -2.37. The van der Waals surface area contributed by atoms with Crippen molar-refractivity contribution in [3.05, 3.63) is 0 Å². The van der Waals surface area contributed by atoms with Gasteiger partial charge in [-0.15, -0.1) is 0 Å². The van der Waals surface area contributed by atoms with E-state index in [2.05, 4.69) is 32.6 Å². The summed E-state index contributed by atoms with van der Waals surface area (Å²) in [4.78, 5) is 13.0. The molecule has 4 nitrogen and oxygen atoms in total. The maximum atomic E-state index is 10.7. The van der Waals surface area contributed by atoms with Crippen LogP contribution in [0, 0.1) is 0 Å². The lowest BCUT2D eigenvalue weighted by molar-refractivity contribution is -0.138. The van der Waals surface area contributed by atoms with E-state index in [9.17, 15) is 4.79 Å². The molecule has 102 valence electrons. The molecule has 17 heavy (non-hydrogen) atoms. The van der Waals surface area contributed by atoms with Crippen LogP contribution in [0.25, 0.3) is 0 Å². The fraction of sp³-hybridized carbons (Fsp3) is 0.923. The molecule has 0 saturated heterocycles. The van der Waals surface area contributed by atoms with E-state index >= 15 is 0 Å². The molecule has 0 heterocycles. The largest absolute Gasteiger partial charge is 0.481 e. The van der Waals surface area contributed by atoms with Gasteiger partial charge in [-0.05, 0) is 40.7 Å². The highest BCUT2D eigenvalue weighted by molar-refractivity contribution is 5.67. The lowest BCUT2D eigenvalue weighted by Crippen LogP contribution is -2.44. The zero-order valence-corrected chi connectivity index (χ0v) is 12.0. The first-order chi connectivity index (χ1) is 7.73. The van der Waals surface area contributed by atoms with Crippen LogP contribution in [0.4, 0.5) is 0 Å². The quantitative estimate of drug-likeness (QED) is 0.713. The van der Waals surface area contributed by atoms with Gasteiger partial charge >= 0.3 is 5.97 Å². The summed E-state index contributed by atoms with van der Waals surface area (Å²) < 4.78 is 5.42. The van der Waals surface area contributed by atoms with Crippen LogP contribution in [0.15, 0.2) is 0 Å². The van der Waals surface area contributed by atoms with Gasteiger partial charge in [-0.2, -0.15) is 0 Å². The van der Waals surface area contributed by atoms with Crippen molar-refractivity contribution in [3.63, 3.8) is 0 Å². The third-order valence-electron chi connectivity index (χ3n) is 3.31. The number of carboxylic acid groups (broad SMARTS) is 1. The highest BCUT2D eigenvalue weighted by Crippen LogP contribution is 2.21. The third kappa shape index (κ3) is 6.03. The summed E-state index contributed by atoms with van der Waals surface area (Å²) in [6.45, 7) is 11.1. The van der Waals surface area contributed by atoms with Gasteiger partial charge < -0.3 is 9.84 Å². The van der Waals surface area contributed by atoms with Crippen molar-refractivity contribution in [3.8, 4) is 0 Å². The molecule has 0 aliphatic carbocycles. The Hall–Kier alpha value is -0.610. The molecule has 0 amide bonds. The van der Waals surface area contributed by atoms with Crippen LogP contribution >= 0.6 is 0 Å². The highest BCUT2D eigenvalue weighted by atomic mass is 16.5. The molecule has 0 aliphatic heterocycles. The number of aliphatic carboxylic acids is 1. The molecule has 0 radical (unpaired) electrons. The minimum Gasteiger partial charge on any atom is -0.481 e. The molecule has 0 saturated carbocycles. The molecule has 0 aromatic heterocycles. The first kappa shape index (κ1) is 16.4. The van der Waals surface area contributed by atoms with Gasteiger partial charge in [0.05, 0.1) is 12.0 Å². The first-order valence-corrected chi connectivity index (χ1v) is 6.26. The van der Waals surface area contributed by atoms with Gasteiger partial charge in [0.25, 0.3) is 0 Å². The fourth-order valence-corrected chi connectivity index (χ4v) is 2.34. The van der Waals surface area contributed by atoms with Crippen molar-refractivity contribution in [1.29, 1.82) is 0 Å². The zero-order valence-electron chi connectivity index (χ0n) is 12.0. The van der Waals surface area contributed by atoms with Crippen LogP contribution in [0.2, 0.25) is 0 Å². The van der Waals surface area contributed by atoms with Crippen LogP contribution in [-0.4, -0.2) is 47.3 Å². The van der Waals surface area contributed by atoms with E-state index in [1.165, 1.54) is 0 Å². The molecular formula is C13H27NO3. The Kier molecular flexibility index (Phi) is 6.72. The highest BCUT2D eigenvalue weighted by Gasteiger charge is 2.26. The summed E-state index contributed by atoms with van der Waals surface area (Å²) >= 11 is 0. The van der Waals surface area contributed by atoms with E-state index in [0.717, 1.165) is 13.0 Å². The Bertz CT molecular complexity index is 241. The van der Waals surface area contributed by atoms with Gasteiger partial charge in [-0.1, -0.05) is 6.92 Å². The van der Waals surface area contributed by atoms with E-state index in [-0.39, 0.29) is 18.1 Å². The Morgan fingerprint density at radius 1 is 1.35 bits per heavy atom. The van der Waals surface area contributed by atoms with E-state index in [4.69, 9.17) is 9.84 Å². The van der Waals surface area contributed by atoms with Gasteiger partial charge in [0.15, 0.2) is 0 Å². The first-order valence-electron chi connectivity index (χ1n) is 6.26. The zero-order chi connectivity index (χ0) is 13.6. The topological polar surface area (TPSA) is 49.8 Å². The standard InChI is InChI=1S/C13H27NO3/c1-7-14(10(2)8-12(15)16)11(3)9-13(4,5)17-6/h10-11H,7-9H2,1-6H3,(H,15,16). The Morgan fingerprint density at radius 2 is 1.88 bits per heavy atom.